The zero-order valence-electron chi connectivity index (χ0n) is 16.0. The number of halogens is 1. The molecule has 0 atom stereocenters. The molecule has 0 spiro atoms. The number of benzene rings is 2. The van der Waals surface area contributed by atoms with Crippen molar-refractivity contribution in [2.75, 3.05) is 24.3 Å². The summed E-state index contributed by atoms with van der Waals surface area (Å²) in [5, 5.41) is 11.7. The van der Waals surface area contributed by atoms with Gasteiger partial charge in [-0.25, -0.2) is 0 Å². The quantitative estimate of drug-likeness (QED) is 0.479. The van der Waals surface area contributed by atoms with E-state index in [0.29, 0.717) is 46.5 Å². The molecule has 0 aliphatic heterocycles. The zero-order valence-corrected chi connectivity index (χ0v) is 17.5. The Hall–Kier alpha value is -2.71. The topological polar surface area (TPSA) is 86.5 Å². The molecule has 0 aliphatic rings. The second-order valence-electron chi connectivity index (χ2n) is 5.74. The Morgan fingerprint density at radius 1 is 1.07 bits per heavy atom. The van der Waals surface area contributed by atoms with Crippen LogP contribution in [0.5, 0.6) is 11.5 Å². The van der Waals surface area contributed by atoms with E-state index in [1.54, 1.807) is 42.5 Å². The molecule has 3 aromatic rings. The first-order valence-corrected chi connectivity index (χ1v) is 10.4. The van der Waals surface area contributed by atoms with Gasteiger partial charge in [0.05, 0.1) is 19.0 Å². The van der Waals surface area contributed by atoms with Gasteiger partial charge in [-0.3, -0.25) is 4.79 Å². The number of hydrogen-bond acceptors (Lipinski definition) is 7. The molecular weight excluding hydrogens is 414 g/mol. The molecule has 2 aromatic carbocycles. The lowest BCUT2D eigenvalue weighted by Crippen LogP contribution is -2.14. The van der Waals surface area contributed by atoms with Crippen LogP contribution in [0.1, 0.15) is 13.8 Å². The number of nitrogens with one attached hydrogen (secondary N) is 1. The molecule has 0 fully saturated rings. The summed E-state index contributed by atoms with van der Waals surface area (Å²) in [6, 6.07) is 12.3. The Morgan fingerprint density at radius 2 is 1.79 bits per heavy atom. The molecule has 1 heterocycles. The maximum atomic E-state index is 12.3. The summed E-state index contributed by atoms with van der Waals surface area (Å²) < 4.78 is 16.7. The minimum atomic E-state index is -0.201. The van der Waals surface area contributed by atoms with Crippen molar-refractivity contribution in [2.45, 2.75) is 19.1 Å². The summed E-state index contributed by atoms with van der Waals surface area (Å²) in [6.45, 7) is 4.82. The van der Waals surface area contributed by atoms with Crippen LogP contribution in [0.25, 0.3) is 11.5 Å². The molecule has 0 unspecified atom stereocenters. The van der Waals surface area contributed by atoms with Gasteiger partial charge in [-0.05, 0) is 50.2 Å². The van der Waals surface area contributed by atoms with Gasteiger partial charge in [0.1, 0.15) is 0 Å². The SMILES string of the molecule is CCOc1ccc(NC(=O)CSc2nnc(-c3ccc(Cl)cc3)o2)cc1OCC. The molecule has 0 aliphatic carbocycles. The molecule has 29 heavy (non-hydrogen) atoms. The number of aromatic nitrogens is 2. The summed E-state index contributed by atoms with van der Waals surface area (Å²) in [7, 11) is 0. The van der Waals surface area contributed by atoms with E-state index in [1.165, 1.54) is 0 Å². The lowest BCUT2D eigenvalue weighted by atomic mass is 10.2. The fraction of sp³-hybridized carbons (Fsp3) is 0.250. The zero-order chi connectivity index (χ0) is 20.6. The Kier molecular flexibility index (Phi) is 7.37. The molecule has 7 nitrogen and oxygen atoms in total. The Balaban J connectivity index is 1.57. The van der Waals surface area contributed by atoms with Crippen LogP contribution in [0.4, 0.5) is 5.69 Å². The average Bonchev–Trinajstić information content (AvgIpc) is 3.18. The molecule has 1 aromatic heterocycles. The summed E-state index contributed by atoms with van der Waals surface area (Å²) in [5.74, 6) is 1.52. The predicted octanol–water partition coefficient (Wildman–Crippen LogP) is 4.92. The standard InChI is InChI=1S/C20H20ClN3O4S/c1-3-26-16-10-9-15(11-17(16)27-4-2)22-18(25)12-29-20-24-23-19(28-20)13-5-7-14(21)8-6-13/h5-11H,3-4,12H2,1-2H3,(H,22,25). The van der Waals surface area contributed by atoms with Gasteiger partial charge in [-0.15, -0.1) is 10.2 Å². The highest BCUT2D eigenvalue weighted by molar-refractivity contribution is 7.99. The van der Waals surface area contributed by atoms with Gasteiger partial charge >= 0.3 is 0 Å². The number of amides is 1. The van der Waals surface area contributed by atoms with Crippen molar-refractivity contribution >= 4 is 35.0 Å². The Labute approximate surface area is 177 Å². The van der Waals surface area contributed by atoms with Gasteiger partial charge < -0.3 is 19.2 Å². The van der Waals surface area contributed by atoms with Crippen molar-refractivity contribution in [3.05, 3.63) is 47.5 Å². The molecule has 1 amide bonds. The molecular formula is C20H20ClN3O4S. The lowest BCUT2D eigenvalue weighted by Gasteiger charge is -2.12. The van der Waals surface area contributed by atoms with Gasteiger partial charge in [-0.1, -0.05) is 23.4 Å². The van der Waals surface area contributed by atoms with Gasteiger partial charge in [0.2, 0.25) is 11.8 Å². The van der Waals surface area contributed by atoms with Crippen molar-refractivity contribution in [1.29, 1.82) is 0 Å². The summed E-state index contributed by atoms with van der Waals surface area (Å²) in [6.07, 6.45) is 0. The minimum absolute atomic E-state index is 0.124. The smallest absolute Gasteiger partial charge is 0.277 e. The molecule has 0 saturated heterocycles. The van der Waals surface area contributed by atoms with Crippen LogP contribution in [-0.4, -0.2) is 35.1 Å². The number of ether oxygens (including phenoxy) is 2. The van der Waals surface area contributed by atoms with Crippen molar-refractivity contribution in [1.82, 2.24) is 10.2 Å². The second kappa shape index (κ2) is 10.2. The van der Waals surface area contributed by atoms with Crippen molar-refractivity contribution < 1.29 is 18.7 Å². The average molecular weight is 434 g/mol. The van der Waals surface area contributed by atoms with Crippen LogP contribution in [0.15, 0.2) is 52.1 Å². The van der Waals surface area contributed by atoms with Crippen LogP contribution in [0, 0.1) is 0 Å². The van der Waals surface area contributed by atoms with E-state index in [0.717, 1.165) is 17.3 Å². The third kappa shape index (κ3) is 5.88. The van der Waals surface area contributed by atoms with Gasteiger partial charge in [0.15, 0.2) is 11.5 Å². The van der Waals surface area contributed by atoms with E-state index >= 15 is 0 Å². The van der Waals surface area contributed by atoms with Crippen LogP contribution < -0.4 is 14.8 Å². The maximum absolute atomic E-state index is 12.3. The van der Waals surface area contributed by atoms with Crippen LogP contribution in [0.2, 0.25) is 5.02 Å². The van der Waals surface area contributed by atoms with E-state index in [2.05, 4.69) is 15.5 Å². The number of carbonyl (C=O) groups is 1. The Bertz CT molecular complexity index is 963. The number of hydrogen-bond donors (Lipinski definition) is 1. The van der Waals surface area contributed by atoms with E-state index in [-0.39, 0.29) is 11.7 Å². The molecule has 1 N–H and O–H groups in total. The maximum Gasteiger partial charge on any atom is 0.277 e. The third-order valence-electron chi connectivity index (χ3n) is 3.65. The van der Waals surface area contributed by atoms with E-state index < -0.39 is 0 Å². The van der Waals surface area contributed by atoms with Gasteiger partial charge in [0, 0.05) is 22.3 Å². The molecule has 9 heteroatoms. The third-order valence-corrected chi connectivity index (χ3v) is 4.72. The number of thioether (sulfide) groups is 1. The van der Waals surface area contributed by atoms with Crippen molar-refractivity contribution in [3.8, 4) is 23.0 Å². The van der Waals surface area contributed by atoms with Crippen molar-refractivity contribution in [3.63, 3.8) is 0 Å². The highest BCUT2D eigenvalue weighted by Crippen LogP contribution is 2.31. The first-order valence-electron chi connectivity index (χ1n) is 9.00. The number of carbonyl (C=O) groups excluding carboxylic acids is 1. The van der Waals surface area contributed by atoms with E-state index in [9.17, 15) is 4.79 Å². The monoisotopic (exact) mass is 433 g/mol. The Morgan fingerprint density at radius 3 is 2.52 bits per heavy atom. The highest BCUT2D eigenvalue weighted by Gasteiger charge is 2.13. The van der Waals surface area contributed by atoms with Gasteiger partial charge in [-0.2, -0.15) is 0 Å². The van der Waals surface area contributed by atoms with Crippen LogP contribution in [0.3, 0.4) is 0 Å². The lowest BCUT2D eigenvalue weighted by molar-refractivity contribution is -0.113. The normalized spacial score (nSPS) is 10.6. The van der Waals surface area contributed by atoms with Crippen molar-refractivity contribution in [2.24, 2.45) is 0 Å². The minimum Gasteiger partial charge on any atom is -0.490 e. The molecule has 3 rings (SSSR count). The summed E-state index contributed by atoms with van der Waals surface area (Å²) in [4.78, 5) is 12.3. The fourth-order valence-corrected chi connectivity index (χ4v) is 3.12. The highest BCUT2D eigenvalue weighted by atomic mass is 35.5. The van der Waals surface area contributed by atoms with Crippen LogP contribution in [-0.2, 0) is 4.79 Å². The van der Waals surface area contributed by atoms with E-state index in [4.69, 9.17) is 25.5 Å². The van der Waals surface area contributed by atoms with E-state index in [1.807, 2.05) is 13.8 Å². The number of rotatable bonds is 9. The first kappa shape index (κ1) is 21.0. The number of anilines is 1. The predicted molar refractivity (Wildman–Crippen MR) is 113 cm³/mol. The largest absolute Gasteiger partial charge is 0.490 e. The molecule has 0 radical (unpaired) electrons. The van der Waals surface area contributed by atoms with Gasteiger partial charge in [0.25, 0.3) is 5.22 Å². The fourth-order valence-electron chi connectivity index (χ4n) is 2.43. The number of nitrogens with zero attached hydrogens (tertiary/aromatic N) is 2. The van der Waals surface area contributed by atoms with Crippen LogP contribution >= 0.6 is 23.4 Å². The second-order valence-corrected chi connectivity index (χ2v) is 7.11. The summed E-state index contributed by atoms with van der Waals surface area (Å²) >= 11 is 7.03. The molecule has 0 bridgehead atoms. The molecule has 0 saturated carbocycles. The first-order chi connectivity index (χ1) is 14.1. The summed E-state index contributed by atoms with van der Waals surface area (Å²) in [5.41, 5.74) is 1.38. The molecule has 152 valence electrons.